The summed E-state index contributed by atoms with van der Waals surface area (Å²) < 4.78 is 10.7. The number of methoxy groups -OCH3 is 1. The number of ether oxygens (including phenoxy) is 2. The molecule has 0 saturated carbocycles. The van der Waals surface area contributed by atoms with Crippen LogP contribution < -0.4 is 4.74 Å². The van der Waals surface area contributed by atoms with Crippen LogP contribution in [0.15, 0.2) is 34.3 Å². The van der Waals surface area contributed by atoms with Gasteiger partial charge in [-0.3, -0.25) is 4.99 Å². The van der Waals surface area contributed by atoms with Crippen molar-refractivity contribution in [1.82, 2.24) is 4.90 Å². The molecule has 0 unspecified atom stereocenters. The molecule has 3 rings (SSSR count). The predicted molar refractivity (Wildman–Crippen MR) is 110 cm³/mol. The average Bonchev–Trinajstić information content (AvgIpc) is 2.99. The highest BCUT2D eigenvalue weighted by Crippen LogP contribution is 2.35. The topological polar surface area (TPSA) is 63.5 Å². The molecule has 0 aliphatic carbocycles. The van der Waals surface area contributed by atoms with E-state index in [1.807, 2.05) is 51.3 Å². The summed E-state index contributed by atoms with van der Waals surface area (Å²) in [6.45, 7) is 6.84. The molecule has 7 heteroatoms. The first-order valence-electron chi connectivity index (χ1n) is 9.12. The Balaban J connectivity index is 1.74. The maximum atomic E-state index is 12.3. The van der Waals surface area contributed by atoms with Crippen molar-refractivity contribution in [3.63, 3.8) is 0 Å². The Bertz CT molecular complexity index is 758. The first kappa shape index (κ1) is 19.7. The monoisotopic (exact) mass is 389 g/mol. The van der Waals surface area contributed by atoms with Gasteiger partial charge in [0.1, 0.15) is 16.4 Å². The Hall–Kier alpha value is -2.02. The number of hydrogen-bond donors (Lipinski definition) is 0. The van der Waals surface area contributed by atoms with Crippen LogP contribution in [-0.2, 0) is 4.74 Å². The van der Waals surface area contributed by atoms with Crippen molar-refractivity contribution >= 4 is 28.6 Å². The Kier molecular flexibility index (Phi) is 5.51. The van der Waals surface area contributed by atoms with Crippen LogP contribution >= 0.6 is 11.8 Å². The zero-order chi connectivity index (χ0) is 19.7. The number of thioether (sulfide) groups is 1. The first-order valence-corrected chi connectivity index (χ1v) is 10.3. The van der Waals surface area contributed by atoms with E-state index in [2.05, 4.69) is 0 Å². The zero-order valence-corrected chi connectivity index (χ0v) is 17.4. The molecule has 27 heavy (non-hydrogen) atoms. The van der Waals surface area contributed by atoms with Gasteiger partial charge < -0.3 is 14.4 Å². The number of hydrogen-bond acceptors (Lipinski definition) is 6. The van der Waals surface area contributed by atoms with Crippen LogP contribution in [-0.4, -0.2) is 59.5 Å². The van der Waals surface area contributed by atoms with Crippen LogP contribution in [0.1, 0.15) is 39.2 Å². The largest absolute Gasteiger partial charge is 0.497 e. The van der Waals surface area contributed by atoms with Crippen LogP contribution in [0.3, 0.4) is 0 Å². The molecule has 2 aliphatic heterocycles. The number of rotatable bonds is 2. The molecule has 1 aromatic carbocycles. The van der Waals surface area contributed by atoms with Crippen LogP contribution in [0.2, 0.25) is 0 Å². The molecule has 0 aromatic heterocycles. The van der Waals surface area contributed by atoms with Crippen molar-refractivity contribution in [1.29, 1.82) is 0 Å². The fourth-order valence-corrected chi connectivity index (χ4v) is 3.82. The highest BCUT2D eigenvalue weighted by molar-refractivity contribution is 8.15. The van der Waals surface area contributed by atoms with E-state index in [0.29, 0.717) is 25.9 Å². The lowest BCUT2D eigenvalue weighted by Crippen LogP contribution is -2.46. The van der Waals surface area contributed by atoms with Crippen molar-refractivity contribution < 1.29 is 14.3 Å². The highest BCUT2D eigenvalue weighted by Gasteiger charge is 2.41. The number of carbonyl (C=O) groups excluding carboxylic acids is 1. The summed E-state index contributed by atoms with van der Waals surface area (Å²) in [5.74, 6) is 0.820. The van der Waals surface area contributed by atoms with Gasteiger partial charge in [0.15, 0.2) is 5.66 Å². The first-order chi connectivity index (χ1) is 12.8. The van der Waals surface area contributed by atoms with Crippen molar-refractivity contribution in [2.75, 3.05) is 26.5 Å². The van der Waals surface area contributed by atoms with Crippen LogP contribution in [0.4, 0.5) is 4.79 Å². The Morgan fingerprint density at radius 1 is 1.15 bits per heavy atom. The number of piperidine rings is 1. The van der Waals surface area contributed by atoms with Crippen molar-refractivity contribution in [2.24, 2.45) is 9.98 Å². The Morgan fingerprint density at radius 2 is 1.78 bits per heavy atom. The summed E-state index contributed by atoms with van der Waals surface area (Å²) in [6, 6.07) is 7.90. The minimum absolute atomic E-state index is 0.260. The number of aliphatic imine (C=N–C) groups is 2. The summed E-state index contributed by atoms with van der Waals surface area (Å²) in [7, 11) is 1.66. The molecule has 6 nitrogen and oxygen atoms in total. The smallest absolute Gasteiger partial charge is 0.410 e. The molecule has 1 spiro atoms. The van der Waals surface area contributed by atoms with Gasteiger partial charge in [-0.15, -0.1) is 11.8 Å². The van der Waals surface area contributed by atoms with Crippen LogP contribution in [0, 0.1) is 0 Å². The average molecular weight is 390 g/mol. The maximum absolute atomic E-state index is 12.3. The molecular formula is C20H27N3O3S. The summed E-state index contributed by atoms with van der Waals surface area (Å²) in [5.41, 5.74) is 1.02. The summed E-state index contributed by atoms with van der Waals surface area (Å²) in [5, 5.41) is 0.950. The normalized spacial score (nSPS) is 18.9. The van der Waals surface area contributed by atoms with Crippen molar-refractivity contribution in [2.45, 2.75) is 44.9 Å². The summed E-state index contributed by atoms with van der Waals surface area (Å²) in [4.78, 5) is 24.0. The molecule has 1 amide bonds. The molecule has 0 bridgehead atoms. The Labute approximate surface area is 165 Å². The second kappa shape index (κ2) is 7.54. The van der Waals surface area contributed by atoms with Crippen molar-refractivity contribution in [3.8, 4) is 5.75 Å². The third kappa shape index (κ3) is 4.46. The minimum Gasteiger partial charge on any atom is -0.497 e. The zero-order valence-electron chi connectivity index (χ0n) is 16.6. The molecule has 0 N–H and O–H groups in total. The second-order valence-electron chi connectivity index (χ2n) is 7.76. The molecule has 1 saturated heterocycles. The lowest BCUT2D eigenvalue weighted by atomic mass is 9.99. The molecule has 1 aromatic rings. The molecule has 1 fully saturated rings. The van der Waals surface area contributed by atoms with Crippen LogP contribution in [0.25, 0.3) is 0 Å². The number of likely N-dealkylation sites (tertiary alicyclic amines) is 1. The van der Waals surface area contributed by atoms with Gasteiger partial charge in [0.25, 0.3) is 0 Å². The van der Waals surface area contributed by atoms with Gasteiger partial charge in [-0.05, 0) is 51.3 Å². The van der Waals surface area contributed by atoms with Gasteiger partial charge in [0.05, 0.1) is 12.8 Å². The second-order valence-corrected chi connectivity index (χ2v) is 8.55. The molecule has 0 atom stereocenters. The van der Waals surface area contributed by atoms with Gasteiger partial charge in [0.2, 0.25) is 0 Å². The summed E-state index contributed by atoms with van der Waals surface area (Å²) in [6.07, 6.45) is 3.17. The van der Waals surface area contributed by atoms with E-state index in [1.54, 1.807) is 23.8 Å². The van der Waals surface area contributed by atoms with E-state index in [1.165, 1.54) is 0 Å². The lowest BCUT2D eigenvalue weighted by molar-refractivity contribution is 0.0175. The standard InChI is InChI=1S/C20H27N3O3S/c1-19(2,3)26-18(24)23-12-10-20(11-13-23)21-16(17(22-20)27-5)14-6-8-15(25-4)9-7-14/h6-9H,10-13H2,1-5H3. The van der Waals surface area contributed by atoms with E-state index in [9.17, 15) is 4.79 Å². The van der Waals surface area contributed by atoms with Gasteiger partial charge in [0, 0.05) is 31.5 Å². The van der Waals surface area contributed by atoms with E-state index in [4.69, 9.17) is 19.5 Å². The molecule has 0 radical (unpaired) electrons. The van der Waals surface area contributed by atoms with Gasteiger partial charge in [-0.25, -0.2) is 9.79 Å². The number of benzene rings is 1. The van der Waals surface area contributed by atoms with Gasteiger partial charge in [-0.2, -0.15) is 0 Å². The van der Waals surface area contributed by atoms with E-state index in [-0.39, 0.29) is 6.09 Å². The highest BCUT2D eigenvalue weighted by atomic mass is 32.2. The third-order valence-corrected chi connectivity index (χ3v) is 5.28. The van der Waals surface area contributed by atoms with Crippen molar-refractivity contribution in [3.05, 3.63) is 29.8 Å². The van der Waals surface area contributed by atoms with E-state index >= 15 is 0 Å². The minimum atomic E-state index is -0.483. The fourth-order valence-electron chi connectivity index (χ4n) is 3.20. The van der Waals surface area contributed by atoms with E-state index < -0.39 is 11.3 Å². The predicted octanol–water partition coefficient (Wildman–Crippen LogP) is 3.99. The number of carbonyl (C=O) groups is 1. The number of nitrogens with zero attached hydrogens (tertiary/aromatic N) is 3. The summed E-state index contributed by atoms with van der Waals surface area (Å²) >= 11 is 1.61. The van der Waals surface area contributed by atoms with Gasteiger partial charge in [-0.1, -0.05) is 0 Å². The fraction of sp³-hybridized carbons (Fsp3) is 0.550. The molecule has 2 heterocycles. The van der Waals surface area contributed by atoms with E-state index in [0.717, 1.165) is 22.1 Å². The molecular weight excluding hydrogens is 362 g/mol. The van der Waals surface area contributed by atoms with Crippen LogP contribution in [0.5, 0.6) is 5.75 Å². The third-order valence-electron chi connectivity index (χ3n) is 4.60. The quantitative estimate of drug-likeness (QED) is 0.767. The maximum Gasteiger partial charge on any atom is 0.410 e. The lowest BCUT2D eigenvalue weighted by Gasteiger charge is -2.36. The molecule has 2 aliphatic rings. The SMILES string of the molecule is COc1ccc(C2=NC3(CCN(C(=O)OC(C)(C)C)CC3)N=C2SC)cc1. The van der Waals surface area contributed by atoms with Gasteiger partial charge >= 0.3 is 6.09 Å². The number of amides is 1. The Morgan fingerprint density at radius 3 is 2.30 bits per heavy atom. The molecule has 146 valence electrons.